The van der Waals surface area contributed by atoms with Gasteiger partial charge in [0.2, 0.25) is 5.90 Å². The summed E-state index contributed by atoms with van der Waals surface area (Å²) < 4.78 is 11.8. The summed E-state index contributed by atoms with van der Waals surface area (Å²) in [6.45, 7) is 6.28. The van der Waals surface area contributed by atoms with Gasteiger partial charge in [-0.3, -0.25) is 0 Å². The molecule has 0 spiro atoms. The van der Waals surface area contributed by atoms with Crippen LogP contribution in [0.15, 0.2) is 102 Å². The molecule has 0 radical (unpaired) electrons. The van der Waals surface area contributed by atoms with E-state index in [2.05, 4.69) is 26.0 Å². The molecule has 3 aromatic rings. The Hall–Kier alpha value is -3.33. The summed E-state index contributed by atoms with van der Waals surface area (Å²) >= 11 is 0. The lowest BCUT2D eigenvalue weighted by Crippen LogP contribution is -2.10. The number of hydrogen-bond acceptors (Lipinski definition) is 3. The Kier molecular flexibility index (Phi) is 6.64. The molecule has 3 rings (SSSR count). The highest BCUT2D eigenvalue weighted by Gasteiger charge is 2.08. The maximum absolute atomic E-state index is 6.05. The summed E-state index contributed by atoms with van der Waals surface area (Å²) in [6.07, 6.45) is 1.67. The van der Waals surface area contributed by atoms with Crippen LogP contribution in [0.25, 0.3) is 0 Å². The summed E-state index contributed by atoms with van der Waals surface area (Å²) in [6, 6.07) is 27.5. The zero-order valence-corrected chi connectivity index (χ0v) is 16.5. The van der Waals surface area contributed by atoms with Crippen LogP contribution in [-0.2, 0) is 0 Å². The van der Waals surface area contributed by atoms with Gasteiger partial charge in [-0.15, -0.1) is 0 Å². The molecule has 0 saturated carbocycles. The molecule has 0 aliphatic rings. The molecule has 0 heterocycles. The summed E-state index contributed by atoms with van der Waals surface area (Å²) in [5.41, 5.74) is 2.91. The highest BCUT2D eigenvalue weighted by molar-refractivity contribution is 5.96. The minimum atomic E-state index is 0.485. The molecule has 0 N–H and O–H groups in total. The van der Waals surface area contributed by atoms with E-state index in [0.29, 0.717) is 11.8 Å². The fraction of sp³-hybridized carbons (Fsp3) is 0.160. The number of nitrogens with zero attached hydrogens (tertiary/aromatic N) is 1. The van der Waals surface area contributed by atoms with Gasteiger partial charge in [0, 0.05) is 5.57 Å². The first-order chi connectivity index (χ1) is 13.6. The third-order valence-electron chi connectivity index (χ3n) is 4.20. The van der Waals surface area contributed by atoms with Gasteiger partial charge < -0.3 is 9.47 Å². The highest BCUT2D eigenvalue weighted by Crippen LogP contribution is 2.21. The van der Waals surface area contributed by atoms with Crippen molar-refractivity contribution in [3.8, 4) is 11.5 Å². The van der Waals surface area contributed by atoms with E-state index >= 15 is 0 Å². The number of aliphatic imine (C=N–C) groups is 1. The van der Waals surface area contributed by atoms with Crippen molar-refractivity contribution in [2.24, 2.45) is 4.99 Å². The molecule has 0 saturated heterocycles. The zero-order valence-electron chi connectivity index (χ0n) is 16.5. The van der Waals surface area contributed by atoms with Crippen molar-refractivity contribution in [1.29, 1.82) is 0 Å². The van der Waals surface area contributed by atoms with Gasteiger partial charge in [-0.05, 0) is 54.8 Å². The van der Waals surface area contributed by atoms with E-state index in [4.69, 9.17) is 14.5 Å². The summed E-state index contributed by atoms with van der Waals surface area (Å²) in [4.78, 5) is 4.71. The Balaban J connectivity index is 1.87. The predicted molar refractivity (Wildman–Crippen MR) is 116 cm³/mol. The van der Waals surface area contributed by atoms with Crippen LogP contribution in [0.5, 0.6) is 11.5 Å². The van der Waals surface area contributed by atoms with Crippen LogP contribution >= 0.6 is 0 Å². The summed E-state index contributed by atoms with van der Waals surface area (Å²) in [7, 11) is 0. The molecule has 28 heavy (non-hydrogen) atoms. The van der Waals surface area contributed by atoms with Crippen molar-refractivity contribution in [3.63, 3.8) is 0 Å². The van der Waals surface area contributed by atoms with Gasteiger partial charge in [0.1, 0.15) is 11.5 Å². The normalized spacial score (nSPS) is 12.1. The van der Waals surface area contributed by atoms with Crippen molar-refractivity contribution in [2.75, 3.05) is 0 Å². The van der Waals surface area contributed by atoms with Crippen molar-refractivity contribution in [1.82, 2.24) is 0 Å². The van der Waals surface area contributed by atoms with Crippen LogP contribution in [0.3, 0.4) is 0 Å². The molecule has 0 bridgehead atoms. The van der Waals surface area contributed by atoms with E-state index in [-0.39, 0.29) is 0 Å². The SMILES string of the molecule is C/C(=C\Oc1ccccc1)C(=Nc1ccc(C(C)C)cc1)Oc1ccccc1. The number of benzene rings is 3. The van der Waals surface area contributed by atoms with E-state index in [1.807, 2.05) is 79.7 Å². The first kappa shape index (κ1) is 19.4. The molecule has 0 aliphatic heterocycles. The first-order valence-corrected chi connectivity index (χ1v) is 9.42. The quantitative estimate of drug-likeness (QED) is 0.268. The zero-order chi connectivity index (χ0) is 19.8. The van der Waals surface area contributed by atoms with Crippen LogP contribution in [0.1, 0.15) is 32.3 Å². The largest absolute Gasteiger partial charge is 0.465 e. The van der Waals surface area contributed by atoms with Crippen LogP contribution in [-0.4, -0.2) is 5.90 Å². The Morgan fingerprint density at radius 3 is 1.93 bits per heavy atom. The molecular weight excluding hydrogens is 346 g/mol. The van der Waals surface area contributed by atoms with Gasteiger partial charge >= 0.3 is 0 Å². The van der Waals surface area contributed by atoms with Crippen LogP contribution in [0.4, 0.5) is 5.69 Å². The maximum Gasteiger partial charge on any atom is 0.225 e. The molecule has 3 aromatic carbocycles. The minimum absolute atomic E-state index is 0.485. The van der Waals surface area contributed by atoms with Crippen LogP contribution in [0.2, 0.25) is 0 Å². The number of ether oxygens (including phenoxy) is 2. The lowest BCUT2D eigenvalue weighted by molar-refractivity contribution is 0.473. The number of hydrogen-bond donors (Lipinski definition) is 0. The van der Waals surface area contributed by atoms with Crippen LogP contribution in [0, 0.1) is 0 Å². The molecule has 0 amide bonds. The molecule has 0 fully saturated rings. The molecular formula is C25H25NO2. The molecule has 0 aromatic heterocycles. The Labute approximate surface area is 167 Å². The average molecular weight is 371 g/mol. The molecule has 3 nitrogen and oxygen atoms in total. The second-order valence-corrected chi connectivity index (χ2v) is 6.81. The second-order valence-electron chi connectivity index (χ2n) is 6.81. The van der Waals surface area contributed by atoms with Gasteiger partial charge in [0.05, 0.1) is 11.9 Å². The van der Waals surface area contributed by atoms with Crippen molar-refractivity contribution >= 4 is 11.6 Å². The van der Waals surface area contributed by atoms with Crippen LogP contribution < -0.4 is 9.47 Å². The number of para-hydroxylation sites is 2. The van der Waals surface area contributed by atoms with Gasteiger partial charge in [-0.1, -0.05) is 62.4 Å². The topological polar surface area (TPSA) is 30.8 Å². The van der Waals surface area contributed by atoms with Gasteiger partial charge in [0.25, 0.3) is 0 Å². The van der Waals surface area contributed by atoms with E-state index < -0.39 is 0 Å². The van der Waals surface area contributed by atoms with Crippen molar-refractivity contribution in [2.45, 2.75) is 26.7 Å². The van der Waals surface area contributed by atoms with Crippen molar-refractivity contribution in [3.05, 3.63) is 102 Å². The molecule has 0 atom stereocenters. The van der Waals surface area contributed by atoms with Gasteiger partial charge in [0.15, 0.2) is 0 Å². The molecule has 3 heteroatoms. The fourth-order valence-corrected chi connectivity index (χ4v) is 2.55. The van der Waals surface area contributed by atoms with E-state index in [0.717, 1.165) is 22.8 Å². The van der Waals surface area contributed by atoms with E-state index in [1.165, 1.54) is 5.56 Å². The van der Waals surface area contributed by atoms with E-state index in [9.17, 15) is 0 Å². The predicted octanol–water partition coefficient (Wildman–Crippen LogP) is 6.90. The Bertz CT molecular complexity index is 927. The van der Waals surface area contributed by atoms with Gasteiger partial charge in [-0.2, -0.15) is 0 Å². The smallest absolute Gasteiger partial charge is 0.225 e. The number of rotatable bonds is 6. The Morgan fingerprint density at radius 1 is 0.786 bits per heavy atom. The molecule has 0 unspecified atom stereocenters. The lowest BCUT2D eigenvalue weighted by Gasteiger charge is -2.11. The third kappa shape index (κ3) is 5.58. The van der Waals surface area contributed by atoms with E-state index in [1.54, 1.807) is 6.26 Å². The Morgan fingerprint density at radius 2 is 1.36 bits per heavy atom. The maximum atomic E-state index is 6.05. The second kappa shape index (κ2) is 9.56. The third-order valence-corrected chi connectivity index (χ3v) is 4.20. The summed E-state index contributed by atoms with van der Waals surface area (Å²) in [5.74, 6) is 2.48. The minimum Gasteiger partial charge on any atom is -0.465 e. The summed E-state index contributed by atoms with van der Waals surface area (Å²) in [5, 5.41) is 0. The average Bonchev–Trinajstić information content (AvgIpc) is 2.73. The standard InChI is InChI=1S/C25H25NO2/c1-19(2)21-14-16-22(17-15-21)26-25(28-24-12-8-5-9-13-24)20(3)18-27-23-10-6-4-7-11-23/h4-19H,1-3H3/b20-18+,26-25?. The first-order valence-electron chi connectivity index (χ1n) is 9.42. The lowest BCUT2D eigenvalue weighted by atomic mass is 10.0. The molecule has 0 aliphatic carbocycles. The monoisotopic (exact) mass is 371 g/mol. The van der Waals surface area contributed by atoms with Crippen molar-refractivity contribution < 1.29 is 9.47 Å². The molecule has 142 valence electrons. The highest BCUT2D eigenvalue weighted by atomic mass is 16.5. The fourth-order valence-electron chi connectivity index (χ4n) is 2.55. The van der Waals surface area contributed by atoms with Gasteiger partial charge in [-0.25, -0.2) is 4.99 Å².